The first-order valence-corrected chi connectivity index (χ1v) is 9.36. The molecule has 0 atom stereocenters. The third-order valence-corrected chi connectivity index (χ3v) is 4.85. The van der Waals surface area contributed by atoms with Gasteiger partial charge in [0.1, 0.15) is 5.75 Å². The van der Waals surface area contributed by atoms with E-state index >= 15 is 0 Å². The van der Waals surface area contributed by atoms with Crippen molar-refractivity contribution in [2.45, 2.75) is 25.3 Å². The zero-order chi connectivity index (χ0) is 18.4. The molecule has 1 saturated carbocycles. The molecule has 0 spiro atoms. The smallest absolute Gasteiger partial charge is 0.309 e. The second-order valence-electron chi connectivity index (χ2n) is 6.86. The van der Waals surface area contributed by atoms with Crippen LogP contribution in [-0.2, 0) is 9.59 Å². The van der Waals surface area contributed by atoms with E-state index in [2.05, 4.69) is 26.5 Å². The number of carbonyl (C=O) groups is 2. The molecular weight excluding hydrogens is 332 g/mol. The molecule has 1 aliphatic carbocycles. The molecule has 3 rings (SSSR count). The summed E-state index contributed by atoms with van der Waals surface area (Å²) in [5, 5.41) is 5.40. The van der Waals surface area contributed by atoms with Crippen LogP contribution in [0.3, 0.4) is 0 Å². The van der Waals surface area contributed by atoms with Crippen LogP contribution in [0.25, 0.3) is 0 Å². The lowest BCUT2D eigenvalue weighted by Crippen LogP contribution is -2.47. The predicted molar refractivity (Wildman–Crippen MR) is 100 cm³/mol. The van der Waals surface area contributed by atoms with Gasteiger partial charge in [-0.15, -0.1) is 0 Å². The quantitative estimate of drug-likeness (QED) is 0.550. The Morgan fingerprint density at radius 2 is 1.85 bits per heavy atom. The van der Waals surface area contributed by atoms with E-state index in [4.69, 9.17) is 4.74 Å². The fourth-order valence-electron chi connectivity index (χ4n) is 3.17. The maximum Gasteiger partial charge on any atom is 0.309 e. The number of para-hydroxylation sites is 2. The van der Waals surface area contributed by atoms with Gasteiger partial charge in [0, 0.05) is 38.8 Å². The van der Waals surface area contributed by atoms with Crippen LogP contribution in [0.15, 0.2) is 24.3 Å². The average molecular weight is 360 g/mol. The van der Waals surface area contributed by atoms with E-state index in [9.17, 15) is 9.59 Å². The molecule has 2 aliphatic rings. The molecule has 1 saturated heterocycles. The lowest BCUT2D eigenvalue weighted by molar-refractivity contribution is -0.139. The number of anilines is 1. The molecule has 0 unspecified atom stereocenters. The molecule has 1 aromatic rings. The van der Waals surface area contributed by atoms with Gasteiger partial charge in [0.2, 0.25) is 0 Å². The molecule has 7 heteroatoms. The monoisotopic (exact) mass is 360 g/mol. The summed E-state index contributed by atoms with van der Waals surface area (Å²) in [4.78, 5) is 28.0. The summed E-state index contributed by atoms with van der Waals surface area (Å²) in [6.45, 7) is 5.32. The van der Waals surface area contributed by atoms with E-state index in [0.29, 0.717) is 6.54 Å². The predicted octanol–water partition coefficient (Wildman–Crippen LogP) is 0.602. The van der Waals surface area contributed by atoms with Crippen molar-refractivity contribution in [3.8, 4) is 5.75 Å². The van der Waals surface area contributed by atoms with E-state index in [-0.39, 0.29) is 6.04 Å². The fourth-order valence-corrected chi connectivity index (χ4v) is 3.17. The van der Waals surface area contributed by atoms with Crippen LogP contribution in [0.1, 0.15) is 19.3 Å². The summed E-state index contributed by atoms with van der Waals surface area (Å²) in [5.41, 5.74) is 1.14. The van der Waals surface area contributed by atoms with Crippen LogP contribution in [0.5, 0.6) is 5.75 Å². The normalized spacial score (nSPS) is 17.7. The Kier molecular flexibility index (Phi) is 6.33. The Morgan fingerprint density at radius 1 is 1.12 bits per heavy atom. The molecule has 2 amide bonds. The van der Waals surface area contributed by atoms with Crippen molar-refractivity contribution in [1.82, 2.24) is 15.5 Å². The number of nitrogens with zero attached hydrogens (tertiary/aromatic N) is 2. The van der Waals surface area contributed by atoms with Crippen LogP contribution in [0.2, 0.25) is 0 Å². The molecule has 0 aromatic heterocycles. The van der Waals surface area contributed by atoms with Gasteiger partial charge in [-0.05, 0) is 37.9 Å². The van der Waals surface area contributed by atoms with Gasteiger partial charge in [0.15, 0.2) is 0 Å². The Bertz CT molecular complexity index is 625. The summed E-state index contributed by atoms with van der Waals surface area (Å²) < 4.78 is 5.45. The maximum atomic E-state index is 11.7. The van der Waals surface area contributed by atoms with Crippen LogP contribution >= 0.6 is 0 Å². The molecule has 1 aromatic carbocycles. The Morgan fingerprint density at radius 3 is 2.54 bits per heavy atom. The summed E-state index contributed by atoms with van der Waals surface area (Å²) in [5.74, 6) is -0.107. The van der Waals surface area contributed by atoms with E-state index in [1.165, 1.54) is 0 Å². The van der Waals surface area contributed by atoms with Crippen molar-refractivity contribution in [1.29, 1.82) is 0 Å². The molecule has 2 N–H and O–H groups in total. The SMILES string of the molecule is COc1ccccc1N1CCN(CCCNC(=O)C(=O)NC2CC2)CC1. The van der Waals surface area contributed by atoms with Crippen LogP contribution in [-0.4, -0.2) is 69.1 Å². The van der Waals surface area contributed by atoms with Gasteiger partial charge in [-0.1, -0.05) is 12.1 Å². The van der Waals surface area contributed by atoms with Crippen LogP contribution in [0.4, 0.5) is 5.69 Å². The number of piperazine rings is 1. The molecule has 0 radical (unpaired) electrons. The van der Waals surface area contributed by atoms with Gasteiger partial charge in [-0.2, -0.15) is 0 Å². The van der Waals surface area contributed by atoms with Gasteiger partial charge in [-0.25, -0.2) is 0 Å². The lowest BCUT2D eigenvalue weighted by atomic mass is 10.2. The maximum absolute atomic E-state index is 11.7. The van der Waals surface area contributed by atoms with Gasteiger partial charge in [0.25, 0.3) is 0 Å². The van der Waals surface area contributed by atoms with Gasteiger partial charge in [0.05, 0.1) is 12.8 Å². The van der Waals surface area contributed by atoms with Crippen molar-refractivity contribution < 1.29 is 14.3 Å². The van der Waals surface area contributed by atoms with Crippen molar-refractivity contribution >= 4 is 17.5 Å². The van der Waals surface area contributed by atoms with Crippen molar-refractivity contribution in [2.24, 2.45) is 0 Å². The van der Waals surface area contributed by atoms with E-state index in [1.54, 1.807) is 7.11 Å². The third kappa shape index (κ3) is 5.11. The molecule has 142 valence electrons. The number of ether oxygens (including phenoxy) is 1. The average Bonchev–Trinajstić information content (AvgIpc) is 3.49. The topological polar surface area (TPSA) is 73.9 Å². The first-order chi connectivity index (χ1) is 12.7. The minimum Gasteiger partial charge on any atom is -0.495 e. The minimum absolute atomic E-state index is 0.216. The lowest BCUT2D eigenvalue weighted by Gasteiger charge is -2.36. The highest BCUT2D eigenvalue weighted by molar-refractivity contribution is 6.35. The number of hydrogen-bond acceptors (Lipinski definition) is 5. The zero-order valence-electron chi connectivity index (χ0n) is 15.4. The van der Waals surface area contributed by atoms with Gasteiger partial charge in [-0.3, -0.25) is 14.5 Å². The highest BCUT2D eigenvalue weighted by Crippen LogP contribution is 2.28. The van der Waals surface area contributed by atoms with Crippen molar-refractivity contribution in [2.75, 3.05) is 51.3 Å². The van der Waals surface area contributed by atoms with Crippen molar-refractivity contribution in [3.05, 3.63) is 24.3 Å². The molecule has 7 nitrogen and oxygen atoms in total. The largest absolute Gasteiger partial charge is 0.495 e. The Hall–Kier alpha value is -2.28. The third-order valence-electron chi connectivity index (χ3n) is 4.85. The highest BCUT2D eigenvalue weighted by Gasteiger charge is 2.26. The van der Waals surface area contributed by atoms with Crippen LogP contribution < -0.4 is 20.3 Å². The summed E-state index contributed by atoms with van der Waals surface area (Å²) in [6.07, 6.45) is 2.82. The number of amides is 2. The fraction of sp³-hybridized carbons (Fsp3) is 0.579. The zero-order valence-corrected chi connectivity index (χ0v) is 15.4. The van der Waals surface area contributed by atoms with E-state index < -0.39 is 11.8 Å². The number of hydrogen-bond donors (Lipinski definition) is 2. The highest BCUT2D eigenvalue weighted by atomic mass is 16.5. The molecule has 26 heavy (non-hydrogen) atoms. The standard InChI is InChI=1S/C19H28N4O3/c1-26-17-6-3-2-5-16(17)23-13-11-22(12-14-23)10-4-9-20-18(24)19(25)21-15-7-8-15/h2-3,5-6,15H,4,7-14H2,1H3,(H,20,24)(H,21,25). The van der Waals surface area contributed by atoms with Crippen molar-refractivity contribution in [3.63, 3.8) is 0 Å². The molecular formula is C19H28N4O3. The van der Waals surface area contributed by atoms with Gasteiger partial charge < -0.3 is 20.3 Å². The number of carbonyl (C=O) groups excluding carboxylic acids is 2. The number of nitrogens with one attached hydrogen (secondary N) is 2. The first kappa shape index (κ1) is 18.5. The summed E-state index contributed by atoms with van der Waals surface area (Å²) >= 11 is 0. The summed E-state index contributed by atoms with van der Waals surface area (Å²) in [7, 11) is 1.70. The summed E-state index contributed by atoms with van der Waals surface area (Å²) in [6, 6.07) is 8.32. The van der Waals surface area contributed by atoms with Gasteiger partial charge >= 0.3 is 11.8 Å². The molecule has 2 fully saturated rings. The van der Waals surface area contributed by atoms with Crippen LogP contribution in [0, 0.1) is 0 Å². The molecule has 1 heterocycles. The number of benzene rings is 1. The number of rotatable bonds is 7. The van der Waals surface area contributed by atoms with E-state index in [1.807, 2.05) is 18.2 Å². The Balaban J connectivity index is 1.32. The molecule has 1 aliphatic heterocycles. The first-order valence-electron chi connectivity index (χ1n) is 9.36. The minimum atomic E-state index is -0.516. The second-order valence-corrected chi connectivity index (χ2v) is 6.86. The van der Waals surface area contributed by atoms with E-state index in [0.717, 1.165) is 63.4 Å². The second kappa shape index (κ2) is 8.89. The number of methoxy groups -OCH3 is 1. The Labute approximate surface area is 154 Å². The molecule has 0 bridgehead atoms.